The van der Waals surface area contributed by atoms with E-state index in [-0.39, 0.29) is 31.6 Å². The Morgan fingerprint density at radius 1 is 1.07 bits per heavy atom. The van der Waals surface area contributed by atoms with E-state index in [1.54, 1.807) is 37.7 Å². The van der Waals surface area contributed by atoms with Gasteiger partial charge in [0.1, 0.15) is 16.5 Å². The van der Waals surface area contributed by atoms with Gasteiger partial charge in [-0.3, -0.25) is 14.2 Å². The lowest BCUT2D eigenvalue weighted by Gasteiger charge is -2.16. The second-order valence-electron chi connectivity index (χ2n) is 9.82. The molecule has 2 N–H and O–H groups in total. The minimum absolute atomic E-state index is 0.0623. The molecule has 1 atom stereocenters. The molecule has 230 valence electrons. The van der Waals surface area contributed by atoms with E-state index in [4.69, 9.17) is 14.2 Å². The first-order chi connectivity index (χ1) is 21.4. The number of benzene rings is 2. The van der Waals surface area contributed by atoms with Crippen LogP contribution < -0.4 is 20.1 Å². The molecular weight excluding hydrogens is 603 g/mol. The number of para-hydroxylation sites is 3. The topological polar surface area (TPSA) is 134 Å². The molecule has 0 unspecified atom stereocenters. The van der Waals surface area contributed by atoms with Crippen LogP contribution in [0.4, 0.5) is 5.00 Å². The Labute approximate surface area is 263 Å². The largest absolute Gasteiger partial charge is 0.495 e. The molecule has 0 bridgehead atoms. The number of fused-ring (bicyclic) bond motifs is 1. The van der Waals surface area contributed by atoms with E-state index in [1.165, 1.54) is 23.1 Å². The molecule has 2 heterocycles. The quantitative estimate of drug-likeness (QED) is 0.157. The van der Waals surface area contributed by atoms with Gasteiger partial charge in [0, 0.05) is 4.88 Å². The van der Waals surface area contributed by atoms with E-state index in [1.807, 2.05) is 42.5 Å². The number of thioether (sulfide) groups is 1. The van der Waals surface area contributed by atoms with Crippen molar-refractivity contribution in [1.82, 2.24) is 20.1 Å². The molecule has 0 aliphatic heterocycles. The third-order valence-corrected chi connectivity index (χ3v) is 9.12. The fourth-order valence-corrected chi connectivity index (χ4v) is 6.94. The molecule has 13 heteroatoms. The summed E-state index contributed by atoms with van der Waals surface area (Å²) < 4.78 is 18.2. The number of thiophene rings is 1. The summed E-state index contributed by atoms with van der Waals surface area (Å²) in [4.78, 5) is 39.9. The molecule has 11 nitrogen and oxygen atoms in total. The minimum Gasteiger partial charge on any atom is -0.495 e. The van der Waals surface area contributed by atoms with Crippen LogP contribution in [0.1, 0.15) is 46.9 Å². The van der Waals surface area contributed by atoms with Crippen molar-refractivity contribution in [3.8, 4) is 17.2 Å². The van der Waals surface area contributed by atoms with Crippen LogP contribution in [0.25, 0.3) is 5.69 Å². The van der Waals surface area contributed by atoms with Crippen LogP contribution in [0, 0.1) is 0 Å². The number of methoxy groups -OCH3 is 1. The number of amides is 2. The van der Waals surface area contributed by atoms with Crippen molar-refractivity contribution in [2.75, 3.05) is 25.6 Å². The first-order valence-corrected chi connectivity index (χ1v) is 15.9. The van der Waals surface area contributed by atoms with Crippen LogP contribution in [0.5, 0.6) is 11.5 Å². The summed E-state index contributed by atoms with van der Waals surface area (Å²) >= 11 is 2.64. The maximum absolute atomic E-state index is 13.4. The monoisotopic (exact) mass is 635 g/mol. The summed E-state index contributed by atoms with van der Waals surface area (Å²) in [6.45, 7) is 3.68. The Morgan fingerprint density at radius 3 is 2.61 bits per heavy atom. The molecule has 44 heavy (non-hydrogen) atoms. The lowest BCUT2D eigenvalue weighted by molar-refractivity contribution is -0.123. The smallest absolute Gasteiger partial charge is 0.341 e. The number of carbonyl (C=O) groups is 3. The van der Waals surface area contributed by atoms with Crippen molar-refractivity contribution >= 4 is 45.9 Å². The zero-order valence-corrected chi connectivity index (χ0v) is 26.3. The molecule has 1 aliphatic carbocycles. The molecule has 2 aromatic carbocycles. The fourth-order valence-electron chi connectivity index (χ4n) is 4.78. The van der Waals surface area contributed by atoms with Gasteiger partial charge in [0.25, 0.3) is 5.91 Å². The highest BCUT2D eigenvalue weighted by atomic mass is 32.2. The van der Waals surface area contributed by atoms with Gasteiger partial charge in [-0.25, -0.2) is 4.79 Å². The number of nitrogens with zero attached hydrogens (tertiary/aromatic N) is 3. The number of rotatable bonds is 13. The SMILES string of the molecule is CCOC(=O)c1c(NC(=O)[C@@H](C)Sc2nnc(CNC(=O)COc3ccccc3)n2-c2ccccc2OC)sc2c1CCC2. The Bertz CT molecular complexity index is 1640. The molecule has 0 saturated carbocycles. The lowest BCUT2D eigenvalue weighted by atomic mass is 10.1. The Hall–Kier alpha value is -4.36. The van der Waals surface area contributed by atoms with Crippen molar-refractivity contribution in [1.29, 1.82) is 0 Å². The van der Waals surface area contributed by atoms with Crippen molar-refractivity contribution < 1.29 is 28.6 Å². The summed E-state index contributed by atoms with van der Waals surface area (Å²) in [6.07, 6.45) is 2.65. The number of anilines is 1. The molecule has 5 rings (SSSR count). The third kappa shape index (κ3) is 7.05. The number of aromatic nitrogens is 3. The number of aryl methyl sites for hydroxylation is 1. The van der Waals surface area contributed by atoms with Crippen LogP contribution in [0.15, 0.2) is 59.8 Å². The number of hydrogen-bond acceptors (Lipinski definition) is 10. The van der Waals surface area contributed by atoms with Gasteiger partial charge in [-0.15, -0.1) is 21.5 Å². The molecule has 2 aromatic heterocycles. The molecule has 1 aliphatic rings. The second kappa shape index (κ2) is 14.4. The second-order valence-corrected chi connectivity index (χ2v) is 12.2. The first-order valence-electron chi connectivity index (χ1n) is 14.2. The highest BCUT2D eigenvalue weighted by molar-refractivity contribution is 8.00. The van der Waals surface area contributed by atoms with Gasteiger partial charge in [0.15, 0.2) is 17.6 Å². The number of esters is 1. The van der Waals surface area contributed by atoms with Gasteiger partial charge in [-0.1, -0.05) is 42.1 Å². The number of nitrogens with one attached hydrogen (secondary N) is 2. The van der Waals surface area contributed by atoms with Gasteiger partial charge in [0.05, 0.1) is 36.8 Å². The zero-order chi connectivity index (χ0) is 31.1. The van der Waals surface area contributed by atoms with Crippen LogP contribution in [-0.2, 0) is 33.7 Å². The Kier molecular flexibility index (Phi) is 10.2. The summed E-state index contributed by atoms with van der Waals surface area (Å²) in [5.74, 6) is 0.565. The fraction of sp³-hybridized carbons (Fsp3) is 0.323. The van der Waals surface area contributed by atoms with Crippen LogP contribution >= 0.6 is 23.1 Å². The Balaban J connectivity index is 1.33. The first kappa shape index (κ1) is 31.1. The zero-order valence-electron chi connectivity index (χ0n) is 24.6. The highest BCUT2D eigenvalue weighted by Crippen LogP contribution is 2.40. The molecule has 2 amide bonds. The van der Waals surface area contributed by atoms with E-state index >= 15 is 0 Å². The number of carbonyl (C=O) groups excluding carboxylic acids is 3. The number of ether oxygens (including phenoxy) is 3. The van der Waals surface area contributed by atoms with E-state index in [0.29, 0.717) is 38.7 Å². The predicted octanol–water partition coefficient (Wildman–Crippen LogP) is 4.82. The molecule has 0 fully saturated rings. The summed E-state index contributed by atoms with van der Waals surface area (Å²) in [7, 11) is 1.56. The Morgan fingerprint density at radius 2 is 1.84 bits per heavy atom. The van der Waals surface area contributed by atoms with E-state index in [9.17, 15) is 14.4 Å². The highest BCUT2D eigenvalue weighted by Gasteiger charge is 2.30. The molecule has 4 aromatic rings. The summed E-state index contributed by atoms with van der Waals surface area (Å²) in [6, 6.07) is 16.4. The standard InChI is InChI=1S/C31H33N5O6S2/c1-4-41-30(39)27-21-13-10-16-24(21)44-29(27)33-28(38)19(2)43-31-35-34-25(36(31)22-14-8-9-15-23(22)40-3)17-32-26(37)18-42-20-11-6-5-7-12-20/h5-9,11-12,14-15,19H,4,10,13,16-18H2,1-3H3,(H,32,37)(H,33,38)/t19-/m1/s1. The molecule has 0 spiro atoms. The van der Waals surface area contributed by atoms with Gasteiger partial charge >= 0.3 is 5.97 Å². The summed E-state index contributed by atoms with van der Waals surface area (Å²) in [5.41, 5.74) is 2.08. The van der Waals surface area contributed by atoms with Crippen LogP contribution in [-0.4, -0.2) is 58.1 Å². The van der Waals surface area contributed by atoms with Crippen molar-refractivity contribution in [2.24, 2.45) is 0 Å². The normalized spacial score (nSPS) is 12.7. The maximum Gasteiger partial charge on any atom is 0.341 e. The third-order valence-electron chi connectivity index (χ3n) is 6.87. The molecule has 0 radical (unpaired) electrons. The van der Waals surface area contributed by atoms with Crippen LogP contribution in [0.3, 0.4) is 0 Å². The van der Waals surface area contributed by atoms with Gasteiger partial charge in [-0.2, -0.15) is 0 Å². The van der Waals surface area contributed by atoms with Crippen molar-refractivity contribution in [3.63, 3.8) is 0 Å². The maximum atomic E-state index is 13.4. The van der Waals surface area contributed by atoms with Crippen LogP contribution in [0.2, 0.25) is 0 Å². The average Bonchev–Trinajstić information content (AvgIpc) is 3.74. The van der Waals surface area contributed by atoms with E-state index < -0.39 is 11.2 Å². The predicted molar refractivity (Wildman–Crippen MR) is 168 cm³/mol. The van der Waals surface area contributed by atoms with Gasteiger partial charge in [-0.05, 0) is 62.9 Å². The summed E-state index contributed by atoms with van der Waals surface area (Å²) in [5, 5.41) is 14.8. The minimum atomic E-state index is -0.610. The molecule has 0 saturated heterocycles. The van der Waals surface area contributed by atoms with Crippen molar-refractivity contribution in [2.45, 2.75) is 50.1 Å². The number of hydrogen-bond donors (Lipinski definition) is 2. The van der Waals surface area contributed by atoms with Gasteiger partial charge < -0.3 is 24.8 Å². The van der Waals surface area contributed by atoms with E-state index in [2.05, 4.69) is 20.8 Å². The van der Waals surface area contributed by atoms with E-state index in [0.717, 1.165) is 29.7 Å². The average molecular weight is 636 g/mol. The lowest BCUT2D eigenvalue weighted by Crippen LogP contribution is -2.29. The molecular formula is C31H33N5O6S2. The van der Waals surface area contributed by atoms with Gasteiger partial charge in [0.2, 0.25) is 5.91 Å². The van der Waals surface area contributed by atoms with Crippen molar-refractivity contribution in [3.05, 3.63) is 76.4 Å².